The van der Waals surface area contributed by atoms with Crippen LogP contribution in [0.1, 0.15) is 12.5 Å². The Morgan fingerprint density at radius 2 is 1.90 bits per heavy atom. The van der Waals surface area contributed by atoms with Crippen molar-refractivity contribution < 1.29 is 18.7 Å². The van der Waals surface area contributed by atoms with Crippen LogP contribution < -0.4 is 9.47 Å². The number of tetrazole rings is 1. The van der Waals surface area contributed by atoms with Crippen LogP contribution in [0, 0.1) is 5.82 Å². The van der Waals surface area contributed by atoms with E-state index in [0.717, 1.165) is 11.3 Å². The molecule has 0 atom stereocenters. The number of aromatic nitrogens is 4. The second-order valence-electron chi connectivity index (χ2n) is 6.54. The van der Waals surface area contributed by atoms with Gasteiger partial charge in [-0.2, -0.15) is 4.80 Å². The molecule has 2 heterocycles. The summed E-state index contributed by atoms with van der Waals surface area (Å²) in [5, 5.41) is 12.1. The number of hydrogen-bond acceptors (Lipinski definition) is 6. The summed E-state index contributed by atoms with van der Waals surface area (Å²) in [7, 11) is 0. The molecule has 0 fully saturated rings. The van der Waals surface area contributed by atoms with Crippen molar-refractivity contribution in [1.82, 2.24) is 25.1 Å². The third-order valence-corrected chi connectivity index (χ3v) is 4.55. The summed E-state index contributed by atoms with van der Waals surface area (Å²) >= 11 is 0. The molecule has 0 spiro atoms. The Bertz CT molecular complexity index is 1010. The zero-order chi connectivity index (χ0) is 20.2. The fourth-order valence-corrected chi connectivity index (χ4v) is 3.03. The van der Waals surface area contributed by atoms with E-state index in [1.165, 1.54) is 16.9 Å². The minimum absolute atomic E-state index is 0.0351. The zero-order valence-corrected chi connectivity index (χ0v) is 15.9. The Morgan fingerprint density at radius 3 is 2.66 bits per heavy atom. The second kappa shape index (κ2) is 8.26. The van der Waals surface area contributed by atoms with Crippen molar-refractivity contribution in [2.24, 2.45) is 0 Å². The van der Waals surface area contributed by atoms with Crippen molar-refractivity contribution in [2.75, 3.05) is 19.8 Å². The number of carbonyl (C=O) groups excluding carboxylic acids is 1. The van der Waals surface area contributed by atoms with Crippen LogP contribution in [0.3, 0.4) is 0 Å². The molecule has 9 heteroatoms. The topological polar surface area (TPSA) is 82.4 Å². The molecule has 1 aliphatic heterocycles. The number of halogens is 1. The lowest BCUT2D eigenvalue weighted by Crippen LogP contribution is -2.33. The molecule has 8 nitrogen and oxygen atoms in total. The van der Waals surface area contributed by atoms with E-state index in [1.54, 1.807) is 17.0 Å². The van der Waals surface area contributed by atoms with Gasteiger partial charge < -0.3 is 14.4 Å². The van der Waals surface area contributed by atoms with Crippen LogP contribution in [0.4, 0.5) is 4.39 Å². The summed E-state index contributed by atoms with van der Waals surface area (Å²) in [4.78, 5) is 15.7. The van der Waals surface area contributed by atoms with Crippen LogP contribution in [0.5, 0.6) is 11.5 Å². The highest BCUT2D eigenvalue weighted by Gasteiger charge is 2.17. The number of hydrogen-bond donors (Lipinski definition) is 0. The normalized spacial score (nSPS) is 12.6. The third-order valence-electron chi connectivity index (χ3n) is 4.55. The predicted octanol–water partition coefficient (Wildman–Crippen LogP) is 2.30. The van der Waals surface area contributed by atoms with E-state index in [-0.39, 0.29) is 18.3 Å². The lowest BCUT2D eigenvalue weighted by atomic mass is 10.1. The van der Waals surface area contributed by atoms with E-state index < -0.39 is 0 Å². The quantitative estimate of drug-likeness (QED) is 0.635. The zero-order valence-electron chi connectivity index (χ0n) is 15.9. The molecule has 29 heavy (non-hydrogen) atoms. The van der Waals surface area contributed by atoms with Gasteiger partial charge in [-0.05, 0) is 54.1 Å². The van der Waals surface area contributed by atoms with Gasteiger partial charge in [0.2, 0.25) is 11.7 Å². The fraction of sp³-hybridized carbons (Fsp3) is 0.300. The Morgan fingerprint density at radius 1 is 1.14 bits per heavy atom. The molecule has 0 saturated carbocycles. The molecule has 1 amide bonds. The maximum absolute atomic E-state index is 13.1. The van der Waals surface area contributed by atoms with Gasteiger partial charge in [0.1, 0.15) is 25.6 Å². The van der Waals surface area contributed by atoms with E-state index >= 15 is 0 Å². The molecule has 0 unspecified atom stereocenters. The van der Waals surface area contributed by atoms with Crippen molar-refractivity contribution in [3.05, 3.63) is 53.8 Å². The number of carbonyl (C=O) groups is 1. The molecule has 150 valence electrons. The molecule has 4 rings (SSSR count). The van der Waals surface area contributed by atoms with Crippen LogP contribution in [0.2, 0.25) is 0 Å². The summed E-state index contributed by atoms with van der Waals surface area (Å²) < 4.78 is 24.2. The van der Waals surface area contributed by atoms with Crippen molar-refractivity contribution in [3.8, 4) is 22.9 Å². The molecule has 1 aromatic heterocycles. The standard InChI is InChI=1S/C20H20FN5O3/c1-2-25(12-14-3-8-17-18(11-14)29-10-9-28-17)19(27)13-26-23-20(22-24-26)15-4-6-16(21)7-5-15/h3-8,11H,2,9-10,12-13H2,1H3. The second-order valence-corrected chi connectivity index (χ2v) is 6.54. The van der Waals surface area contributed by atoms with Gasteiger partial charge >= 0.3 is 0 Å². The van der Waals surface area contributed by atoms with Crippen LogP contribution in [0.15, 0.2) is 42.5 Å². The van der Waals surface area contributed by atoms with Crippen LogP contribution in [-0.4, -0.2) is 50.8 Å². The number of ether oxygens (including phenoxy) is 2. The predicted molar refractivity (Wildman–Crippen MR) is 102 cm³/mol. The van der Waals surface area contributed by atoms with Crippen molar-refractivity contribution in [2.45, 2.75) is 20.0 Å². The monoisotopic (exact) mass is 397 g/mol. The Labute approximate surface area is 166 Å². The summed E-state index contributed by atoms with van der Waals surface area (Å²) in [6.45, 7) is 3.90. The van der Waals surface area contributed by atoms with Crippen molar-refractivity contribution in [3.63, 3.8) is 0 Å². The van der Waals surface area contributed by atoms with Gasteiger partial charge in [0.05, 0.1) is 0 Å². The first-order chi connectivity index (χ1) is 14.1. The molecule has 0 radical (unpaired) electrons. The maximum Gasteiger partial charge on any atom is 0.246 e. The number of fused-ring (bicyclic) bond motifs is 1. The van der Waals surface area contributed by atoms with Gasteiger partial charge in [0.15, 0.2) is 11.5 Å². The van der Waals surface area contributed by atoms with Gasteiger partial charge in [-0.25, -0.2) is 4.39 Å². The van der Waals surface area contributed by atoms with Crippen molar-refractivity contribution >= 4 is 5.91 Å². The molecule has 1 aliphatic rings. The van der Waals surface area contributed by atoms with Gasteiger partial charge in [-0.3, -0.25) is 4.79 Å². The summed E-state index contributed by atoms with van der Waals surface area (Å²) in [5.41, 5.74) is 1.58. The maximum atomic E-state index is 13.1. The first-order valence-corrected chi connectivity index (χ1v) is 9.32. The van der Waals surface area contributed by atoms with E-state index in [0.29, 0.717) is 43.4 Å². The summed E-state index contributed by atoms with van der Waals surface area (Å²) in [6, 6.07) is 11.5. The third kappa shape index (κ3) is 4.34. The lowest BCUT2D eigenvalue weighted by molar-refractivity contribution is -0.132. The van der Waals surface area contributed by atoms with Gasteiger partial charge in [-0.15, -0.1) is 10.2 Å². The van der Waals surface area contributed by atoms with E-state index in [1.807, 2.05) is 25.1 Å². The minimum Gasteiger partial charge on any atom is -0.486 e. The highest BCUT2D eigenvalue weighted by molar-refractivity contribution is 5.75. The van der Waals surface area contributed by atoms with E-state index in [4.69, 9.17) is 9.47 Å². The summed E-state index contributed by atoms with van der Waals surface area (Å²) in [6.07, 6.45) is 0. The lowest BCUT2D eigenvalue weighted by Gasteiger charge is -2.23. The number of nitrogens with zero attached hydrogens (tertiary/aromatic N) is 5. The fourth-order valence-electron chi connectivity index (χ4n) is 3.03. The Kier molecular flexibility index (Phi) is 5.37. The number of benzene rings is 2. The highest BCUT2D eigenvalue weighted by Crippen LogP contribution is 2.31. The average Bonchev–Trinajstić information content (AvgIpc) is 3.20. The van der Waals surface area contributed by atoms with Crippen LogP contribution in [-0.2, 0) is 17.9 Å². The smallest absolute Gasteiger partial charge is 0.246 e. The largest absolute Gasteiger partial charge is 0.486 e. The molecular formula is C20H20FN5O3. The SMILES string of the molecule is CCN(Cc1ccc2c(c1)OCCO2)C(=O)Cn1nnc(-c2ccc(F)cc2)n1. The van der Waals surface area contributed by atoms with Crippen LogP contribution in [0.25, 0.3) is 11.4 Å². The number of likely N-dealkylation sites (N-methyl/N-ethyl adjacent to an activating group) is 1. The first-order valence-electron chi connectivity index (χ1n) is 9.32. The molecule has 0 aliphatic carbocycles. The molecule has 3 aromatic rings. The van der Waals surface area contributed by atoms with Crippen molar-refractivity contribution in [1.29, 1.82) is 0 Å². The van der Waals surface area contributed by atoms with Gasteiger partial charge in [-0.1, -0.05) is 6.07 Å². The van der Waals surface area contributed by atoms with Crippen LogP contribution >= 0.6 is 0 Å². The van der Waals surface area contributed by atoms with E-state index in [9.17, 15) is 9.18 Å². The molecule has 0 bridgehead atoms. The number of rotatable bonds is 6. The van der Waals surface area contributed by atoms with Gasteiger partial charge in [0, 0.05) is 18.7 Å². The minimum atomic E-state index is -0.339. The highest BCUT2D eigenvalue weighted by atomic mass is 19.1. The summed E-state index contributed by atoms with van der Waals surface area (Å²) in [5.74, 6) is 1.28. The van der Waals surface area contributed by atoms with E-state index in [2.05, 4.69) is 15.4 Å². The Hall–Kier alpha value is -3.49. The average molecular weight is 397 g/mol. The molecule has 2 aromatic carbocycles. The number of amides is 1. The molecule has 0 saturated heterocycles. The Balaban J connectivity index is 1.42. The molecular weight excluding hydrogens is 377 g/mol. The van der Waals surface area contributed by atoms with Gasteiger partial charge in [0.25, 0.3) is 0 Å². The first kappa shape index (κ1) is 18.9. The molecule has 0 N–H and O–H groups in total.